The van der Waals surface area contributed by atoms with Gasteiger partial charge < -0.3 is 5.11 Å². The van der Waals surface area contributed by atoms with Crippen molar-refractivity contribution in [3.8, 4) is 0 Å². The van der Waals surface area contributed by atoms with E-state index in [9.17, 15) is 9.59 Å². The summed E-state index contributed by atoms with van der Waals surface area (Å²) in [6, 6.07) is 14.1. The largest absolute Gasteiger partial charge is 0.475 e. The van der Waals surface area contributed by atoms with E-state index in [1.807, 2.05) is 30.3 Å². The molecule has 2 aromatic rings. The lowest BCUT2D eigenvalue weighted by molar-refractivity contribution is -0.131. The van der Waals surface area contributed by atoms with Gasteiger partial charge in [0.1, 0.15) is 0 Å². The summed E-state index contributed by atoms with van der Waals surface area (Å²) in [5.41, 5.74) is 1.79. The number of benzene rings is 2. The molecule has 0 amide bonds. The summed E-state index contributed by atoms with van der Waals surface area (Å²) in [7, 11) is 0. The Kier molecular flexibility index (Phi) is 3.97. The fourth-order valence-electron chi connectivity index (χ4n) is 1.86. The van der Waals surface area contributed by atoms with Crippen molar-refractivity contribution in [2.45, 2.75) is 6.42 Å². The van der Waals surface area contributed by atoms with Crippen molar-refractivity contribution in [3.63, 3.8) is 0 Å². The highest BCUT2D eigenvalue weighted by molar-refractivity contribution is 6.40. The molecule has 0 aliphatic carbocycles. The lowest BCUT2D eigenvalue weighted by Crippen LogP contribution is -2.15. The molecule has 2 rings (SSSR count). The van der Waals surface area contributed by atoms with Crippen molar-refractivity contribution in [1.29, 1.82) is 0 Å². The van der Waals surface area contributed by atoms with Crippen molar-refractivity contribution in [2.24, 2.45) is 0 Å². The lowest BCUT2D eigenvalue weighted by Gasteiger charge is -2.07. The molecule has 0 atom stereocenters. The Morgan fingerprint density at radius 1 is 1.05 bits per heavy atom. The lowest BCUT2D eigenvalue weighted by atomic mass is 9.97. The Morgan fingerprint density at radius 2 is 1.74 bits per heavy atom. The minimum atomic E-state index is -1.46. The van der Waals surface area contributed by atoms with Gasteiger partial charge in [-0.2, -0.15) is 0 Å². The van der Waals surface area contributed by atoms with Crippen LogP contribution in [-0.2, 0) is 11.2 Å². The van der Waals surface area contributed by atoms with E-state index < -0.39 is 11.8 Å². The van der Waals surface area contributed by atoms with Gasteiger partial charge in [-0.05, 0) is 35.7 Å². The molecule has 3 nitrogen and oxygen atoms in total. The van der Waals surface area contributed by atoms with Crippen molar-refractivity contribution < 1.29 is 14.7 Å². The standard InChI is InChI=1S/C15H11ClO3/c16-12-6-7-13(14(17)15(18)19)11(9-12)8-10-4-2-1-3-5-10/h1-7,9H,8H2,(H,18,19). The van der Waals surface area contributed by atoms with Crippen LogP contribution in [0.25, 0.3) is 0 Å². The number of carbonyl (C=O) groups excluding carboxylic acids is 1. The molecule has 0 heterocycles. The van der Waals surface area contributed by atoms with Crippen LogP contribution in [0.1, 0.15) is 21.5 Å². The zero-order valence-corrected chi connectivity index (χ0v) is 10.7. The molecule has 4 heteroatoms. The number of hydrogen-bond acceptors (Lipinski definition) is 2. The molecule has 0 saturated heterocycles. The highest BCUT2D eigenvalue weighted by Gasteiger charge is 2.18. The fourth-order valence-corrected chi connectivity index (χ4v) is 2.06. The maximum atomic E-state index is 11.6. The fraction of sp³-hybridized carbons (Fsp3) is 0.0667. The van der Waals surface area contributed by atoms with Crippen LogP contribution in [0.2, 0.25) is 5.02 Å². The van der Waals surface area contributed by atoms with Crippen LogP contribution in [0, 0.1) is 0 Å². The van der Waals surface area contributed by atoms with Gasteiger partial charge in [-0.1, -0.05) is 41.9 Å². The van der Waals surface area contributed by atoms with Gasteiger partial charge >= 0.3 is 5.97 Å². The third-order valence-corrected chi connectivity index (χ3v) is 2.98. The first kappa shape index (κ1) is 13.3. The molecule has 0 bridgehead atoms. The van der Waals surface area contributed by atoms with E-state index in [0.717, 1.165) is 5.56 Å². The first-order valence-corrected chi connectivity index (χ1v) is 6.05. The zero-order chi connectivity index (χ0) is 13.8. The normalized spacial score (nSPS) is 10.2. The highest BCUT2D eigenvalue weighted by Crippen LogP contribution is 2.20. The van der Waals surface area contributed by atoms with Crippen LogP contribution >= 0.6 is 11.6 Å². The molecule has 0 unspecified atom stereocenters. The molecular weight excluding hydrogens is 264 g/mol. The molecule has 2 aromatic carbocycles. The van der Waals surface area contributed by atoms with Gasteiger partial charge in [0.15, 0.2) is 0 Å². The van der Waals surface area contributed by atoms with Crippen LogP contribution in [0.3, 0.4) is 0 Å². The van der Waals surface area contributed by atoms with Crippen LogP contribution in [0.5, 0.6) is 0 Å². The van der Waals surface area contributed by atoms with Crippen molar-refractivity contribution in [3.05, 3.63) is 70.2 Å². The molecule has 0 spiro atoms. The number of rotatable bonds is 4. The molecule has 19 heavy (non-hydrogen) atoms. The minimum Gasteiger partial charge on any atom is -0.475 e. The summed E-state index contributed by atoms with van der Waals surface area (Å²) in [6.45, 7) is 0. The van der Waals surface area contributed by atoms with E-state index in [-0.39, 0.29) is 5.56 Å². The van der Waals surface area contributed by atoms with Gasteiger partial charge in [-0.15, -0.1) is 0 Å². The summed E-state index contributed by atoms with van der Waals surface area (Å²) in [4.78, 5) is 22.4. The topological polar surface area (TPSA) is 54.4 Å². The van der Waals surface area contributed by atoms with Gasteiger partial charge in [0, 0.05) is 10.6 Å². The molecular formula is C15H11ClO3. The quantitative estimate of drug-likeness (QED) is 0.688. The monoisotopic (exact) mass is 274 g/mol. The zero-order valence-electron chi connectivity index (χ0n) is 9.97. The van der Waals surface area contributed by atoms with Gasteiger partial charge in [-0.25, -0.2) is 4.79 Å². The molecule has 96 valence electrons. The second-order valence-corrected chi connectivity index (χ2v) is 4.53. The third-order valence-electron chi connectivity index (χ3n) is 2.74. The Labute approximate surface area is 115 Å². The number of carbonyl (C=O) groups is 2. The van der Waals surface area contributed by atoms with Gasteiger partial charge in [0.25, 0.3) is 5.78 Å². The Bertz CT molecular complexity index is 621. The number of aliphatic carboxylic acids is 1. The van der Waals surface area contributed by atoms with E-state index in [1.165, 1.54) is 12.1 Å². The third kappa shape index (κ3) is 3.20. The maximum Gasteiger partial charge on any atom is 0.377 e. The van der Waals surface area contributed by atoms with Crippen molar-refractivity contribution >= 4 is 23.4 Å². The minimum absolute atomic E-state index is 0.181. The number of carboxylic acids is 1. The maximum absolute atomic E-state index is 11.6. The average molecular weight is 275 g/mol. The SMILES string of the molecule is O=C(O)C(=O)c1ccc(Cl)cc1Cc1ccccc1. The van der Waals surface area contributed by atoms with E-state index in [1.54, 1.807) is 6.07 Å². The van der Waals surface area contributed by atoms with E-state index in [2.05, 4.69) is 0 Å². The summed E-state index contributed by atoms with van der Waals surface area (Å²) in [6.07, 6.45) is 0.468. The second-order valence-electron chi connectivity index (χ2n) is 4.10. The summed E-state index contributed by atoms with van der Waals surface area (Å²) in [5, 5.41) is 9.29. The molecule has 0 aromatic heterocycles. The smallest absolute Gasteiger partial charge is 0.377 e. The van der Waals surface area contributed by atoms with Crippen LogP contribution in [0.15, 0.2) is 48.5 Å². The summed E-state index contributed by atoms with van der Waals surface area (Å²) < 4.78 is 0. The van der Waals surface area contributed by atoms with Gasteiger partial charge in [-0.3, -0.25) is 4.79 Å². The molecule has 0 aliphatic heterocycles. The van der Waals surface area contributed by atoms with E-state index in [4.69, 9.17) is 16.7 Å². The summed E-state index contributed by atoms with van der Waals surface area (Å²) in [5.74, 6) is -2.38. The van der Waals surface area contributed by atoms with Gasteiger partial charge in [0.2, 0.25) is 0 Å². The molecule has 0 radical (unpaired) electrons. The molecule has 0 aliphatic rings. The van der Waals surface area contributed by atoms with Crippen molar-refractivity contribution in [2.75, 3.05) is 0 Å². The van der Waals surface area contributed by atoms with E-state index >= 15 is 0 Å². The molecule has 1 N–H and O–H groups in total. The first-order valence-electron chi connectivity index (χ1n) is 5.68. The van der Waals surface area contributed by atoms with E-state index in [0.29, 0.717) is 17.0 Å². The van der Waals surface area contributed by atoms with Crippen LogP contribution in [0.4, 0.5) is 0 Å². The Morgan fingerprint density at radius 3 is 2.37 bits per heavy atom. The van der Waals surface area contributed by atoms with Crippen LogP contribution < -0.4 is 0 Å². The number of halogens is 1. The molecule has 0 fully saturated rings. The molecule has 0 saturated carbocycles. The predicted molar refractivity (Wildman–Crippen MR) is 72.7 cm³/mol. The predicted octanol–water partition coefficient (Wildman–Crippen LogP) is 3.20. The number of carboxylic acid groups (broad SMARTS) is 1. The highest BCUT2D eigenvalue weighted by atomic mass is 35.5. The number of hydrogen-bond donors (Lipinski definition) is 1. The number of ketones is 1. The van der Waals surface area contributed by atoms with Crippen molar-refractivity contribution in [1.82, 2.24) is 0 Å². The Balaban J connectivity index is 2.41. The first-order chi connectivity index (χ1) is 9.08. The number of Topliss-reactive ketones (excluding diaryl/α,β-unsaturated/α-hetero) is 1. The van der Waals surface area contributed by atoms with Gasteiger partial charge in [0.05, 0.1) is 0 Å². The summed E-state index contributed by atoms with van der Waals surface area (Å²) >= 11 is 5.91. The average Bonchev–Trinajstić information content (AvgIpc) is 2.39. The Hall–Kier alpha value is -2.13. The van der Waals surface area contributed by atoms with Crippen LogP contribution in [-0.4, -0.2) is 16.9 Å². The second kappa shape index (κ2) is 5.67.